The van der Waals surface area contributed by atoms with Crippen molar-refractivity contribution in [2.24, 2.45) is 0 Å². The van der Waals surface area contributed by atoms with Gasteiger partial charge in [-0.15, -0.1) is 101 Å². The Morgan fingerprint density at radius 2 is 0.754 bits per heavy atom. The van der Waals surface area contributed by atoms with E-state index in [4.69, 9.17) is 48.6 Å². The van der Waals surface area contributed by atoms with E-state index in [1.54, 1.807) is 67.6 Å². The maximum Gasteiger partial charge on any atom is 0.121 e. The largest absolute Gasteiger partial charge is 0.501 e. The quantitative estimate of drug-likeness (QED) is 0.0948. The van der Waals surface area contributed by atoms with E-state index in [-0.39, 0.29) is 135 Å². The maximum atomic E-state index is 8.93. The fraction of sp³-hybridized carbons (Fsp3) is 0.190. The molecule has 6 heterocycles. The van der Waals surface area contributed by atoms with Crippen LogP contribution in [0.15, 0.2) is 319 Å². The number of fused-ring (bicyclic) bond motifs is 12. The molecule has 23 rings (SSSR count). The summed E-state index contributed by atoms with van der Waals surface area (Å²) in [5, 5.41) is 11.9. The molecule has 0 bridgehead atoms. The monoisotopic (exact) mass is 2120 g/mol. The number of nitrogens with zero attached hydrogens (tertiary/aromatic N) is 4. The van der Waals surface area contributed by atoms with Crippen LogP contribution in [-0.2, 0) is 45.6 Å². The van der Waals surface area contributed by atoms with Gasteiger partial charge in [0.05, 0.1) is 11.2 Å². The van der Waals surface area contributed by atoms with Gasteiger partial charge >= 0.3 is 0 Å². The third kappa shape index (κ3) is 18.5. The van der Waals surface area contributed by atoms with Gasteiger partial charge in [-0.05, 0) is 294 Å². The molecule has 0 saturated heterocycles. The van der Waals surface area contributed by atoms with E-state index in [0.717, 1.165) is 144 Å². The van der Waals surface area contributed by atoms with Crippen molar-refractivity contribution in [1.82, 2.24) is 19.9 Å². The summed E-state index contributed by atoms with van der Waals surface area (Å²) in [4.78, 5) is 17.9. The van der Waals surface area contributed by atoms with Crippen molar-refractivity contribution in [3.05, 3.63) is 406 Å². The van der Waals surface area contributed by atoms with Gasteiger partial charge in [0.15, 0.2) is 0 Å². The number of furan rings is 2. The number of aryl methyl sites for hydroxylation is 10. The second kappa shape index (κ2) is 38.8. The molecule has 2 fully saturated rings. The molecule has 0 unspecified atom stereocenters. The summed E-state index contributed by atoms with van der Waals surface area (Å²) in [5.41, 5.74) is 12.3. The van der Waals surface area contributed by atoms with Crippen LogP contribution >= 0.6 is 0 Å². The van der Waals surface area contributed by atoms with Crippen LogP contribution in [0.5, 0.6) is 0 Å². The number of aromatic nitrogens is 4. The molecule has 2 radical (unpaired) electrons. The molecule has 0 atom stereocenters. The number of hydrogen-bond acceptors (Lipinski definition) is 6. The van der Waals surface area contributed by atoms with Crippen molar-refractivity contribution >= 4 is 87.0 Å². The molecule has 2 aliphatic rings. The van der Waals surface area contributed by atoms with E-state index >= 15 is 0 Å². The van der Waals surface area contributed by atoms with Crippen molar-refractivity contribution in [2.45, 2.75) is 158 Å². The molecule has 2 aliphatic carbocycles. The van der Waals surface area contributed by atoms with Gasteiger partial charge in [0, 0.05) is 116 Å². The summed E-state index contributed by atoms with van der Waals surface area (Å²) in [5.74, 6) is -1.42. The maximum absolute atomic E-state index is 8.93. The van der Waals surface area contributed by atoms with Crippen LogP contribution in [0.1, 0.15) is 196 Å². The second-order valence-corrected chi connectivity index (χ2v) is 35.1. The topological polar surface area (TPSA) is 77.8 Å². The summed E-state index contributed by atoms with van der Waals surface area (Å²) in [6.45, 7) is -14.8. The minimum atomic E-state index is -2.77. The first-order valence-corrected chi connectivity index (χ1v) is 44.3. The third-order valence-corrected chi connectivity index (χ3v) is 25.6. The van der Waals surface area contributed by atoms with Crippen LogP contribution in [-0.4, -0.2) is 19.9 Å². The van der Waals surface area contributed by atoms with E-state index in [1.807, 2.05) is 121 Å². The molecule has 21 aromatic rings. The van der Waals surface area contributed by atoms with Crippen LogP contribution < -0.4 is 0 Å². The molecule has 666 valence electrons. The average Bonchev–Trinajstić information content (AvgIpc) is 1.52. The van der Waals surface area contributed by atoms with Crippen molar-refractivity contribution in [1.29, 1.82) is 0 Å². The van der Waals surface area contributed by atoms with Gasteiger partial charge in [0.25, 0.3) is 0 Å². The van der Waals surface area contributed by atoms with Gasteiger partial charge < -0.3 is 28.8 Å². The minimum absolute atomic E-state index is 0. The molecule has 0 amide bonds. The molecule has 0 spiro atoms. The predicted octanol–water partition coefficient (Wildman–Crippen LogP) is 34.6. The van der Waals surface area contributed by atoms with Gasteiger partial charge in [-0.25, -0.2) is 0 Å². The van der Waals surface area contributed by atoms with Crippen LogP contribution in [0.25, 0.3) is 188 Å². The summed E-state index contributed by atoms with van der Waals surface area (Å²) < 4.78 is 253. The Hall–Kier alpha value is -13.2. The normalized spacial score (nSPS) is 17.4. The van der Waals surface area contributed by atoms with Gasteiger partial charge in [-0.3, -0.25) is 0 Å². The molecular weight excluding hydrogens is 1990 g/mol. The Labute approximate surface area is 856 Å². The SMILES string of the molecule is [2H]C([2H])([2H])c1c[c-]c(-c2ccc(C(C)(C)C)cn2)cc1.[2H]C([2H])([2H])c1cc(-c2cc(-c3[c-]ccc4c3oc3cc5c(ccc6ccccc65)cc34)ncc2C([2H])([2H])[2H])c(C([2H])([2H])[2H])cc1-c1ccc(C2([2H])CCCC2)cc1.[2H]C([2H])([2H])c1cc(-c2cc(-c3[c-]ccc4c3oc3cc5c(ccc6ccccc65)cc34)ncc2C([2H])([2H])[2H])c(C([2H])([2H])[2H])cc1-c1ccc(C2([2H])CCCC2)cc1.[2H]C([2H])([2H])c1cnc(-c2[c-]cc(C([2H])([2H])[2H])c(-c3ccccc3)c2)cc1C.[Ir].[Ir]. The van der Waals surface area contributed by atoms with Gasteiger partial charge in [0.2, 0.25) is 0 Å². The summed E-state index contributed by atoms with van der Waals surface area (Å²) in [6, 6.07) is 98.1. The smallest absolute Gasteiger partial charge is 0.121 e. The Morgan fingerprint density at radius 3 is 1.22 bits per heavy atom. The first kappa shape index (κ1) is 62.3. The number of rotatable bonds is 11. The molecule has 0 N–H and O–H groups in total. The number of benzene rings is 15. The summed E-state index contributed by atoms with van der Waals surface area (Å²) in [7, 11) is 0. The number of hydrogen-bond donors (Lipinski definition) is 0. The fourth-order valence-corrected chi connectivity index (χ4v) is 18.3. The predicted molar refractivity (Wildman–Crippen MR) is 554 cm³/mol. The average molecular weight is 2120 g/mol. The standard InChI is InChI=1S/2C45H36NO.C20H18N.C16H18N.2Ir/c2*1-27-22-39(28(2)21-38(27)33-17-15-31(16-18-33)30-9-4-5-10-30)40-24-43(46-26-29(40)3)37-14-8-13-36-42-23-34-20-19-32-11-6-7-12-35(32)41(34)25-44(42)47-45(36)37;1-14-9-10-18(20-11-15(2)16(3)13-21-20)12-19(14)17-7-5-4-6-8-17;1-12-5-7-13(8-6-12)15-10-9-14(11-17-15)16(2,3)4;;/h2*6-8,11-13,15-26,30H,4-5,9-10H2,1-3H3;4-9,11-13H,1-3H3;5-7,9-11H,1-4H3;;/q4*-1;;/i2*1D3,2D3,3D3,30D;1D3,3D3;1D3;;. The zero-order chi connectivity index (χ0) is 115. The molecule has 2 saturated carbocycles. The second-order valence-electron chi connectivity index (χ2n) is 35.1. The molecule has 15 aromatic carbocycles. The zero-order valence-corrected chi connectivity index (χ0v) is 78.7. The molecule has 134 heavy (non-hydrogen) atoms. The van der Waals surface area contributed by atoms with Crippen molar-refractivity contribution in [3.8, 4) is 101 Å². The van der Waals surface area contributed by atoms with Crippen LogP contribution in [0, 0.1) is 92.9 Å². The van der Waals surface area contributed by atoms with Gasteiger partial charge in [-0.1, -0.05) is 299 Å². The fourth-order valence-electron chi connectivity index (χ4n) is 18.3. The molecule has 8 heteroatoms. The van der Waals surface area contributed by atoms with Crippen LogP contribution in [0.3, 0.4) is 0 Å². The first-order valence-electron chi connectivity index (χ1n) is 58.8. The summed E-state index contributed by atoms with van der Waals surface area (Å²) >= 11 is 0. The van der Waals surface area contributed by atoms with Gasteiger partial charge in [-0.2, -0.15) is 0 Å². The minimum Gasteiger partial charge on any atom is -0.501 e. The van der Waals surface area contributed by atoms with E-state index in [1.165, 1.54) is 72.7 Å². The Morgan fingerprint density at radius 1 is 0.313 bits per heavy atom. The Bertz CT molecular complexity index is 8780. The van der Waals surface area contributed by atoms with Gasteiger partial charge in [0.1, 0.15) is 11.2 Å². The number of pyridine rings is 4. The Balaban J connectivity index is 0.000000150. The van der Waals surface area contributed by atoms with E-state index < -0.39 is 73.5 Å². The van der Waals surface area contributed by atoms with E-state index in [2.05, 4.69) is 126 Å². The molecule has 6 aromatic heterocycles. The van der Waals surface area contributed by atoms with Crippen molar-refractivity contribution < 1.29 is 88.8 Å². The molecule has 6 nitrogen and oxygen atoms in total. The molecular formula is C126H108Ir2N4O2-4. The third-order valence-electron chi connectivity index (χ3n) is 25.6. The summed E-state index contributed by atoms with van der Waals surface area (Å²) in [6.07, 6.45) is 12.4. The van der Waals surface area contributed by atoms with E-state index in [0.29, 0.717) is 72.5 Å². The first-order chi connectivity index (χ1) is 75.7. The Kier molecular flexibility index (Phi) is 18.1. The van der Waals surface area contributed by atoms with Crippen molar-refractivity contribution in [2.75, 3.05) is 0 Å². The van der Waals surface area contributed by atoms with Crippen LogP contribution in [0.2, 0.25) is 0 Å². The van der Waals surface area contributed by atoms with Crippen LogP contribution in [0.4, 0.5) is 0 Å². The van der Waals surface area contributed by atoms with E-state index in [9.17, 15) is 0 Å². The zero-order valence-electron chi connectivity index (χ0n) is 103. The molecule has 0 aliphatic heterocycles. The van der Waals surface area contributed by atoms with Crippen molar-refractivity contribution in [3.63, 3.8) is 0 Å².